The highest BCUT2D eigenvalue weighted by Crippen LogP contribution is 2.68. The summed E-state index contributed by atoms with van der Waals surface area (Å²) >= 11 is 0.547. The molecule has 1 unspecified atom stereocenters. The van der Waals surface area contributed by atoms with Crippen molar-refractivity contribution in [2.75, 3.05) is 6.01 Å². The lowest BCUT2D eigenvalue weighted by molar-refractivity contribution is -0.175. The number of thioether (sulfide) groups is 1. The van der Waals surface area contributed by atoms with Gasteiger partial charge in [0.25, 0.3) is 0 Å². The zero-order valence-electron chi connectivity index (χ0n) is 21.5. The van der Waals surface area contributed by atoms with Crippen LogP contribution in [0.1, 0.15) is 57.7 Å². The third kappa shape index (κ3) is 3.41. The smallest absolute Gasteiger partial charge is 0.223 e. The van der Waals surface area contributed by atoms with Crippen molar-refractivity contribution < 1.29 is 23.8 Å². The Balaban J connectivity index is 1.38. The van der Waals surface area contributed by atoms with Crippen LogP contribution in [0.25, 0.3) is 11.8 Å². The molecule has 1 aromatic heterocycles. The number of alkyl halides is 1. The second-order valence-electron chi connectivity index (χ2n) is 12.2. The second kappa shape index (κ2) is 8.48. The van der Waals surface area contributed by atoms with E-state index in [1.807, 2.05) is 17.8 Å². The van der Waals surface area contributed by atoms with E-state index in [1.165, 1.54) is 17.7 Å². The van der Waals surface area contributed by atoms with Crippen LogP contribution in [0.15, 0.2) is 36.0 Å². The average molecular weight is 529 g/mol. The van der Waals surface area contributed by atoms with Gasteiger partial charge in [0.1, 0.15) is 17.4 Å². The third-order valence-electron chi connectivity index (χ3n) is 10.5. The number of carbonyl (C=O) groups excluding carboxylic acids is 1. The molecule has 3 saturated carbocycles. The standard InChI is InChI=1S/C29H34F2N2O3S/c1-16-10-20-21-8-9-29(36,26(35)37-15-30)28(21,3)13-24(34)25(20)27(2)12-17-14-32-33(23(17)11-22(16)27)19-6-4-18(31)5-7-19/h4-7,11,14,16,20-21,24-25,34,36H,8-10,12-13,15H2,1-3H3/t16-,20?,21-,24-,25+,27-,28-,29-/m0/s1. The summed E-state index contributed by atoms with van der Waals surface area (Å²) in [6.07, 6.45) is 6.37. The summed E-state index contributed by atoms with van der Waals surface area (Å²) in [5.41, 5.74) is 1.52. The molecule has 2 N–H and O–H groups in total. The fourth-order valence-corrected chi connectivity index (χ4v) is 9.59. The summed E-state index contributed by atoms with van der Waals surface area (Å²) in [6.45, 7) is 6.42. The summed E-state index contributed by atoms with van der Waals surface area (Å²) < 4.78 is 28.4. The van der Waals surface area contributed by atoms with Gasteiger partial charge in [0.2, 0.25) is 5.12 Å². The maximum absolute atomic E-state index is 13.5. The molecule has 2 aromatic rings. The van der Waals surface area contributed by atoms with E-state index in [0.29, 0.717) is 31.0 Å². The van der Waals surface area contributed by atoms with E-state index >= 15 is 0 Å². The molecule has 1 aromatic carbocycles. The maximum atomic E-state index is 13.5. The average Bonchev–Trinajstić information content (AvgIpc) is 3.36. The van der Waals surface area contributed by atoms with Crippen LogP contribution in [0.4, 0.5) is 8.78 Å². The van der Waals surface area contributed by atoms with Crippen LogP contribution in [0.3, 0.4) is 0 Å². The Morgan fingerprint density at radius 2 is 2.00 bits per heavy atom. The molecule has 8 atom stereocenters. The van der Waals surface area contributed by atoms with Crippen molar-refractivity contribution in [1.82, 2.24) is 9.78 Å². The van der Waals surface area contributed by atoms with Crippen LogP contribution in [-0.2, 0) is 11.2 Å². The number of halogens is 2. The summed E-state index contributed by atoms with van der Waals surface area (Å²) in [6, 6.07) is 5.47. The minimum Gasteiger partial charge on any atom is -0.393 e. The lowest BCUT2D eigenvalue weighted by Gasteiger charge is -2.61. The zero-order valence-corrected chi connectivity index (χ0v) is 22.3. The highest BCUT2D eigenvalue weighted by atomic mass is 32.2. The summed E-state index contributed by atoms with van der Waals surface area (Å²) in [7, 11) is 0. The quantitative estimate of drug-likeness (QED) is 0.564. The number of carbonyl (C=O) groups is 1. The minimum absolute atomic E-state index is 0.0124. The van der Waals surface area contributed by atoms with Gasteiger partial charge in [-0.1, -0.05) is 38.1 Å². The molecule has 4 aliphatic rings. The number of aliphatic hydroxyl groups is 2. The van der Waals surface area contributed by atoms with Crippen LogP contribution >= 0.6 is 11.8 Å². The van der Waals surface area contributed by atoms with Crippen LogP contribution in [0.2, 0.25) is 0 Å². The van der Waals surface area contributed by atoms with Crippen molar-refractivity contribution >= 4 is 23.0 Å². The van der Waals surface area contributed by atoms with E-state index in [9.17, 15) is 23.8 Å². The number of rotatable bonds is 3. The molecule has 0 aliphatic heterocycles. The Labute approximate surface area is 220 Å². The van der Waals surface area contributed by atoms with Crippen LogP contribution < -0.4 is 0 Å². The monoisotopic (exact) mass is 528 g/mol. The first kappa shape index (κ1) is 25.3. The van der Waals surface area contributed by atoms with E-state index in [4.69, 9.17) is 0 Å². The lowest BCUT2D eigenvalue weighted by atomic mass is 9.44. The topological polar surface area (TPSA) is 75.3 Å². The van der Waals surface area contributed by atoms with Crippen LogP contribution in [0, 0.1) is 40.3 Å². The van der Waals surface area contributed by atoms with Crippen LogP contribution in [-0.4, -0.2) is 42.8 Å². The predicted molar refractivity (Wildman–Crippen MR) is 139 cm³/mol. The molecule has 6 rings (SSSR count). The summed E-state index contributed by atoms with van der Waals surface area (Å²) in [4.78, 5) is 12.9. The third-order valence-corrected chi connectivity index (χ3v) is 11.2. The predicted octanol–water partition coefficient (Wildman–Crippen LogP) is 5.33. The van der Waals surface area contributed by atoms with Gasteiger partial charge in [-0.05, 0) is 97.1 Å². The van der Waals surface area contributed by atoms with Gasteiger partial charge in [-0.15, -0.1) is 0 Å². The number of nitrogens with zero attached hydrogens (tertiary/aromatic N) is 2. The van der Waals surface area contributed by atoms with E-state index < -0.39 is 28.2 Å². The number of fused-ring (bicyclic) bond motifs is 6. The van der Waals surface area contributed by atoms with Crippen molar-refractivity contribution in [3.8, 4) is 5.69 Å². The van der Waals surface area contributed by atoms with Gasteiger partial charge >= 0.3 is 0 Å². The van der Waals surface area contributed by atoms with Gasteiger partial charge < -0.3 is 10.2 Å². The summed E-state index contributed by atoms with van der Waals surface area (Å²) in [5.74, 6) is 0.178. The van der Waals surface area contributed by atoms with Crippen molar-refractivity contribution in [1.29, 1.82) is 0 Å². The Morgan fingerprint density at radius 3 is 2.70 bits per heavy atom. The van der Waals surface area contributed by atoms with Crippen molar-refractivity contribution in [3.05, 3.63) is 53.1 Å². The van der Waals surface area contributed by atoms with Gasteiger partial charge in [0.15, 0.2) is 0 Å². The highest BCUT2D eigenvalue weighted by Gasteiger charge is 2.69. The first-order chi connectivity index (χ1) is 17.5. The van der Waals surface area contributed by atoms with Gasteiger partial charge in [-0.2, -0.15) is 5.10 Å². The van der Waals surface area contributed by atoms with Crippen molar-refractivity contribution in [2.24, 2.45) is 34.5 Å². The number of hydrogen-bond acceptors (Lipinski definition) is 5. The molecule has 37 heavy (non-hydrogen) atoms. The zero-order chi connectivity index (χ0) is 26.3. The fourth-order valence-electron chi connectivity index (χ4n) is 8.92. The second-order valence-corrected chi connectivity index (χ2v) is 13.1. The molecule has 198 valence electrons. The molecule has 1 heterocycles. The van der Waals surface area contributed by atoms with Gasteiger partial charge in [-0.3, -0.25) is 4.79 Å². The molecule has 0 spiro atoms. The van der Waals surface area contributed by atoms with E-state index in [0.717, 1.165) is 29.8 Å². The number of aromatic nitrogens is 2. The number of benzene rings is 1. The first-order valence-electron chi connectivity index (χ1n) is 13.2. The lowest BCUT2D eigenvalue weighted by Crippen LogP contribution is -2.62. The molecule has 0 saturated heterocycles. The molecule has 4 aliphatic carbocycles. The largest absolute Gasteiger partial charge is 0.393 e. The van der Waals surface area contributed by atoms with E-state index in [1.54, 1.807) is 12.1 Å². The fraction of sp³-hybridized carbons (Fsp3) is 0.586. The molecule has 5 nitrogen and oxygen atoms in total. The van der Waals surface area contributed by atoms with Gasteiger partial charge in [0.05, 0.1) is 23.7 Å². The van der Waals surface area contributed by atoms with E-state index in [2.05, 4.69) is 25.0 Å². The van der Waals surface area contributed by atoms with Gasteiger partial charge in [0, 0.05) is 5.41 Å². The van der Waals surface area contributed by atoms with Crippen molar-refractivity contribution in [2.45, 2.75) is 64.6 Å². The number of aliphatic hydroxyl groups excluding tert-OH is 1. The van der Waals surface area contributed by atoms with E-state index in [-0.39, 0.29) is 34.9 Å². The number of allylic oxidation sites excluding steroid dienone is 1. The van der Waals surface area contributed by atoms with Crippen molar-refractivity contribution in [3.63, 3.8) is 0 Å². The summed E-state index contributed by atoms with van der Waals surface area (Å²) in [5, 5.41) is 27.4. The van der Waals surface area contributed by atoms with Gasteiger partial charge in [-0.25, -0.2) is 13.5 Å². The molecule has 8 heteroatoms. The Bertz CT molecular complexity index is 1280. The Hall–Kier alpha value is -2.03. The SMILES string of the molecule is C[C@H]1CC2[C@H]([C@@H](O)C[C@@]3(C)[C@H]2CC[C@]3(O)C(=O)SCF)[C@@]2(C)Cc3cnn(-c4ccc(F)cc4)c3C=C12. The highest BCUT2D eigenvalue weighted by molar-refractivity contribution is 8.13. The molecule has 0 amide bonds. The molecule has 0 bridgehead atoms. The molecular weight excluding hydrogens is 494 g/mol. The molecular formula is C29H34F2N2O3S. The van der Waals surface area contributed by atoms with Crippen LogP contribution in [0.5, 0.6) is 0 Å². The normalized spacial score (nSPS) is 40.3. The Kier molecular flexibility index (Phi) is 5.79. The molecule has 3 fully saturated rings. The first-order valence-corrected chi connectivity index (χ1v) is 14.2. The molecule has 0 radical (unpaired) electrons. The maximum Gasteiger partial charge on any atom is 0.223 e. The minimum atomic E-state index is -1.61. The number of hydrogen-bond donors (Lipinski definition) is 2. The Morgan fingerprint density at radius 1 is 1.27 bits per heavy atom.